The van der Waals surface area contributed by atoms with Crippen molar-refractivity contribution in [2.75, 3.05) is 0 Å². The second kappa shape index (κ2) is 7.15. The fraction of sp³-hybridized carbons (Fsp3) is 0.235. The van der Waals surface area contributed by atoms with Crippen LogP contribution in [0.2, 0.25) is 0 Å². The summed E-state index contributed by atoms with van der Waals surface area (Å²) < 4.78 is 5.46. The summed E-state index contributed by atoms with van der Waals surface area (Å²) in [7, 11) is 0. The largest absolute Gasteiger partial charge is 0.457 e. The number of benzene rings is 2. The Morgan fingerprint density at radius 2 is 1.60 bits per heavy atom. The fourth-order valence-electron chi connectivity index (χ4n) is 1.97. The Morgan fingerprint density at radius 1 is 1.05 bits per heavy atom. The molecule has 3 heteroatoms. The van der Waals surface area contributed by atoms with Gasteiger partial charge in [-0.05, 0) is 24.5 Å². The van der Waals surface area contributed by atoms with Crippen molar-refractivity contribution in [3.63, 3.8) is 0 Å². The zero-order chi connectivity index (χ0) is 14.4. The molecule has 2 aromatic rings. The molecule has 2 nitrogen and oxygen atoms in total. The van der Waals surface area contributed by atoms with Gasteiger partial charge in [0, 0.05) is 0 Å². The van der Waals surface area contributed by atoms with Gasteiger partial charge in [0.1, 0.15) is 11.4 Å². The molecule has 0 radical (unpaired) electrons. The number of esters is 1. The van der Waals surface area contributed by atoms with Gasteiger partial charge >= 0.3 is 5.97 Å². The smallest absolute Gasteiger partial charge is 0.319 e. The quantitative estimate of drug-likeness (QED) is 0.668. The summed E-state index contributed by atoms with van der Waals surface area (Å²) in [5, 5.41) is -0.441. The molecule has 0 fully saturated rings. The molecule has 2 unspecified atom stereocenters. The molecule has 104 valence electrons. The van der Waals surface area contributed by atoms with E-state index in [1.165, 1.54) is 0 Å². The molecule has 0 aliphatic carbocycles. The van der Waals surface area contributed by atoms with E-state index in [1.807, 2.05) is 67.6 Å². The van der Waals surface area contributed by atoms with Crippen LogP contribution in [0.1, 0.15) is 24.2 Å². The van der Waals surface area contributed by atoms with E-state index in [0.717, 1.165) is 11.1 Å². The van der Waals surface area contributed by atoms with Crippen molar-refractivity contribution in [2.24, 2.45) is 0 Å². The predicted octanol–water partition coefficient (Wildman–Crippen LogP) is 3.83. The lowest BCUT2D eigenvalue weighted by atomic mass is 10.1. The van der Waals surface area contributed by atoms with Crippen molar-refractivity contribution in [3.05, 3.63) is 71.8 Å². The molecule has 0 heterocycles. The van der Waals surface area contributed by atoms with Crippen molar-refractivity contribution in [3.8, 4) is 0 Å². The maximum atomic E-state index is 12.0. The maximum absolute atomic E-state index is 12.0. The van der Waals surface area contributed by atoms with Crippen LogP contribution < -0.4 is 0 Å². The first-order valence-electron chi connectivity index (χ1n) is 6.64. The van der Waals surface area contributed by atoms with E-state index in [9.17, 15) is 4.79 Å². The second-order valence-corrected chi connectivity index (χ2v) is 5.32. The first kappa shape index (κ1) is 14.7. The SMILES string of the molecule is CC(OC(=O)C(S)Cc1ccccc1)c1ccccc1. The van der Waals surface area contributed by atoms with Gasteiger partial charge in [-0.2, -0.15) is 12.6 Å². The number of thiol groups is 1. The van der Waals surface area contributed by atoms with Gasteiger partial charge in [0.2, 0.25) is 0 Å². The molecule has 0 bridgehead atoms. The lowest BCUT2D eigenvalue weighted by Crippen LogP contribution is -2.21. The van der Waals surface area contributed by atoms with Crippen molar-refractivity contribution in [1.29, 1.82) is 0 Å². The monoisotopic (exact) mass is 286 g/mol. The van der Waals surface area contributed by atoms with E-state index in [2.05, 4.69) is 12.6 Å². The Kier molecular flexibility index (Phi) is 5.24. The van der Waals surface area contributed by atoms with Gasteiger partial charge in [-0.25, -0.2) is 0 Å². The van der Waals surface area contributed by atoms with E-state index in [4.69, 9.17) is 4.74 Å². The molecular formula is C17H18O2S. The van der Waals surface area contributed by atoms with Crippen molar-refractivity contribution < 1.29 is 9.53 Å². The third-order valence-corrected chi connectivity index (χ3v) is 3.50. The summed E-state index contributed by atoms with van der Waals surface area (Å²) in [6.07, 6.45) is 0.318. The molecular weight excluding hydrogens is 268 g/mol. The summed E-state index contributed by atoms with van der Waals surface area (Å²) in [4.78, 5) is 12.0. The van der Waals surface area contributed by atoms with Gasteiger partial charge in [0.25, 0.3) is 0 Å². The summed E-state index contributed by atoms with van der Waals surface area (Å²) in [5.41, 5.74) is 2.07. The van der Waals surface area contributed by atoms with Crippen LogP contribution in [0.5, 0.6) is 0 Å². The van der Waals surface area contributed by atoms with E-state index in [0.29, 0.717) is 6.42 Å². The van der Waals surface area contributed by atoms with Crippen LogP contribution >= 0.6 is 12.6 Å². The molecule has 20 heavy (non-hydrogen) atoms. The van der Waals surface area contributed by atoms with Gasteiger partial charge < -0.3 is 4.74 Å². The van der Waals surface area contributed by atoms with E-state index in [-0.39, 0.29) is 12.1 Å². The summed E-state index contributed by atoms with van der Waals surface area (Å²) in [6.45, 7) is 1.87. The molecule has 2 rings (SSSR count). The van der Waals surface area contributed by atoms with Crippen LogP contribution in [0, 0.1) is 0 Å². The van der Waals surface area contributed by atoms with Gasteiger partial charge in [0.15, 0.2) is 0 Å². The number of carbonyl (C=O) groups is 1. The van der Waals surface area contributed by atoms with Gasteiger partial charge in [-0.1, -0.05) is 60.7 Å². The van der Waals surface area contributed by atoms with E-state index < -0.39 is 5.25 Å². The van der Waals surface area contributed by atoms with Crippen LogP contribution in [0.25, 0.3) is 0 Å². The van der Waals surface area contributed by atoms with Crippen molar-refractivity contribution >= 4 is 18.6 Å². The highest BCUT2D eigenvalue weighted by molar-refractivity contribution is 7.81. The summed E-state index contributed by atoms with van der Waals surface area (Å²) >= 11 is 4.35. The molecule has 0 saturated carbocycles. The first-order chi connectivity index (χ1) is 9.66. The highest BCUT2D eigenvalue weighted by Crippen LogP contribution is 2.19. The van der Waals surface area contributed by atoms with E-state index in [1.54, 1.807) is 0 Å². The van der Waals surface area contributed by atoms with Gasteiger partial charge in [0.05, 0.1) is 0 Å². The molecule has 0 aliphatic rings. The number of hydrogen-bond donors (Lipinski definition) is 1. The average molecular weight is 286 g/mol. The molecule has 0 N–H and O–H groups in total. The Bertz CT molecular complexity index is 539. The molecule has 0 saturated heterocycles. The third-order valence-electron chi connectivity index (χ3n) is 3.11. The topological polar surface area (TPSA) is 26.3 Å². The van der Waals surface area contributed by atoms with Crippen LogP contribution in [0.4, 0.5) is 0 Å². The Hall–Kier alpha value is -1.74. The molecule has 0 amide bonds. The van der Waals surface area contributed by atoms with Crippen molar-refractivity contribution in [2.45, 2.75) is 24.7 Å². The number of hydrogen-bond acceptors (Lipinski definition) is 3. The standard InChI is InChI=1S/C17H18O2S/c1-13(15-10-6-3-7-11-15)19-17(18)16(20)12-14-8-4-2-5-9-14/h2-11,13,16,20H,12H2,1H3. The van der Waals surface area contributed by atoms with Gasteiger partial charge in [-0.15, -0.1) is 0 Å². The summed E-state index contributed by atoms with van der Waals surface area (Å²) in [5.74, 6) is -0.284. The normalized spacial score (nSPS) is 13.5. The number of rotatable bonds is 5. The highest BCUT2D eigenvalue weighted by atomic mass is 32.1. The second-order valence-electron chi connectivity index (χ2n) is 4.70. The highest BCUT2D eigenvalue weighted by Gasteiger charge is 2.19. The van der Waals surface area contributed by atoms with Gasteiger partial charge in [-0.3, -0.25) is 4.79 Å². The van der Waals surface area contributed by atoms with Crippen molar-refractivity contribution in [1.82, 2.24) is 0 Å². The zero-order valence-electron chi connectivity index (χ0n) is 11.4. The lowest BCUT2D eigenvalue weighted by molar-refractivity contribution is -0.147. The Balaban J connectivity index is 1.91. The predicted molar refractivity (Wildman–Crippen MR) is 83.9 cm³/mol. The lowest BCUT2D eigenvalue weighted by Gasteiger charge is -2.16. The molecule has 0 aliphatic heterocycles. The molecule has 0 spiro atoms. The zero-order valence-corrected chi connectivity index (χ0v) is 12.3. The Labute approximate surface area is 125 Å². The molecule has 2 aromatic carbocycles. The van der Waals surface area contributed by atoms with E-state index >= 15 is 0 Å². The minimum absolute atomic E-state index is 0.255. The van der Waals surface area contributed by atoms with Crippen LogP contribution in [0.15, 0.2) is 60.7 Å². The fourth-order valence-corrected chi connectivity index (χ4v) is 2.24. The number of ether oxygens (including phenoxy) is 1. The summed E-state index contributed by atoms with van der Waals surface area (Å²) in [6, 6.07) is 19.5. The average Bonchev–Trinajstić information content (AvgIpc) is 2.49. The first-order valence-corrected chi connectivity index (χ1v) is 7.16. The Morgan fingerprint density at radius 3 is 2.20 bits per heavy atom. The molecule has 2 atom stereocenters. The molecule has 0 aromatic heterocycles. The minimum atomic E-state index is -0.441. The third kappa shape index (κ3) is 4.14. The van der Waals surface area contributed by atoms with Crippen LogP contribution in [-0.4, -0.2) is 11.2 Å². The van der Waals surface area contributed by atoms with Crippen LogP contribution in [0.3, 0.4) is 0 Å². The minimum Gasteiger partial charge on any atom is -0.457 e. The maximum Gasteiger partial charge on any atom is 0.319 e. The number of carbonyl (C=O) groups excluding carboxylic acids is 1. The van der Waals surface area contributed by atoms with Crippen LogP contribution in [-0.2, 0) is 16.0 Å².